The van der Waals surface area contributed by atoms with E-state index in [1.165, 1.54) is 9.58 Å². The second kappa shape index (κ2) is 5.87. The van der Waals surface area contributed by atoms with Gasteiger partial charge in [-0.25, -0.2) is 4.79 Å². The number of nitrogens with zero attached hydrogens (tertiary/aromatic N) is 3. The summed E-state index contributed by atoms with van der Waals surface area (Å²) in [4.78, 5) is 25.5. The summed E-state index contributed by atoms with van der Waals surface area (Å²) in [5.74, 6) is -0.741. The molecule has 0 bridgehead atoms. The molecule has 0 radical (unpaired) electrons. The van der Waals surface area contributed by atoms with Crippen molar-refractivity contribution >= 4 is 23.6 Å². The van der Waals surface area contributed by atoms with Crippen molar-refractivity contribution < 1.29 is 14.7 Å². The van der Waals surface area contributed by atoms with Gasteiger partial charge in [-0.2, -0.15) is 5.10 Å². The third-order valence-corrected chi connectivity index (χ3v) is 4.72. The summed E-state index contributed by atoms with van der Waals surface area (Å²) in [6, 6.07) is 0.951. The summed E-state index contributed by atoms with van der Waals surface area (Å²) >= 11 is 1.54. The Bertz CT molecular complexity index is 529. The van der Waals surface area contributed by atoms with Crippen LogP contribution in [0.2, 0.25) is 0 Å². The highest BCUT2D eigenvalue weighted by Crippen LogP contribution is 2.33. The fraction of sp³-hybridized carbons (Fsp3) is 0.615. The predicted octanol–water partition coefficient (Wildman–Crippen LogP) is 1.50. The average molecular weight is 297 g/mol. The van der Waals surface area contributed by atoms with Gasteiger partial charge in [-0.1, -0.05) is 13.3 Å². The average Bonchev–Trinajstić information content (AvgIpc) is 2.92. The first kappa shape index (κ1) is 14.9. The predicted molar refractivity (Wildman–Crippen MR) is 76.7 cm³/mol. The lowest BCUT2D eigenvalue weighted by Crippen LogP contribution is -2.46. The highest BCUT2D eigenvalue weighted by molar-refractivity contribution is 8.00. The Morgan fingerprint density at radius 1 is 1.55 bits per heavy atom. The Morgan fingerprint density at radius 3 is 2.75 bits per heavy atom. The second-order valence-corrected chi connectivity index (χ2v) is 6.15. The first-order chi connectivity index (χ1) is 9.45. The van der Waals surface area contributed by atoms with Crippen LogP contribution in [0.15, 0.2) is 6.07 Å². The van der Waals surface area contributed by atoms with E-state index in [0.717, 1.165) is 18.5 Å². The van der Waals surface area contributed by atoms with Crippen LogP contribution in [0.3, 0.4) is 0 Å². The molecule has 1 aliphatic heterocycles. The van der Waals surface area contributed by atoms with Crippen molar-refractivity contribution in [1.82, 2.24) is 14.7 Å². The van der Waals surface area contributed by atoms with Crippen LogP contribution in [-0.4, -0.2) is 48.8 Å². The zero-order valence-corrected chi connectivity index (χ0v) is 12.7. The Labute approximate surface area is 122 Å². The Kier molecular flexibility index (Phi) is 4.37. The molecular formula is C13H19N3O3S. The molecule has 1 aromatic rings. The second-order valence-electron chi connectivity index (χ2n) is 4.94. The molecule has 1 aromatic heterocycles. The van der Waals surface area contributed by atoms with E-state index in [1.54, 1.807) is 24.9 Å². The summed E-state index contributed by atoms with van der Waals surface area (Å²) in [5, 5.41) is 13.4. The van der Waals surface area contributed by atoms with E-state index in [-0.39, 0.29) is 11.3 Å². The van der Waals surface area contributed by atoms with E-state index in [2.05, 4.69) is 5.10 Å². The van der Waals surface area contributed by atoms with Gasteiger partial charge in [-0.15, -0.1) is 11.8 Å². The molecule has 1 amide bonds. The molecule has 7 heteroatoms. The lowest BCUT2D eigenvalue weighted by atomic mass is 10.2. The molecule has 110 valence electrons. The molecule has 0 spiro atoms. The van der Waals surface area contributed by atoms with Crippen molar-refractivity contribution in [3.8, 4) is 0 Å². The van der Waals surface area contributed by atoms with E-state index in [4.69, 9.17) is 0 Å². The number of amides is 1. The number of carboxylic acids is 1. The Morgan fingerprint density at radius 2 is 2.25 bits per heavy atom. The molecule has 1 saturated heterocycles. The maximum atomic E-state index is 12.7. The molecule has 2 unspecified atom stereocenters. The van der Waals surface area contributed by atoms with Gasteiger partial charge in [0, 0.05) is 12.8 Å². The molecule has 1 aliphatic rings. The van der Waals surface area contributed by atoms with E-state index in [0.29, 0.717) is 11.4 Å². The quantitative estimate of drug-likeness (QED) is 0.911. The van der Waals surface area contributed by atoms with Crippen molar-refractivity contribution in [1.29, 1.82) is 0 Å². The largest absolute Gasteiger partial charge is 0.480 e. The summed E-state index contributed by atoms with van der Waals surface area (Å²) in [6.07, 6.45) is 1.72. The number of carboxylic acid groups (broad SMARTS) is 1. The SMILES string of the molecule is CCCC1SCC(C(=O)O)N1C(=O)c1cc(C)nn1C. The van der Waals surface area contributed by atoms with Crippen molar-refractivity contribution in [2.24, 2.45) is 7.05 Å². The summed E-state index contributed by atoms with van der Waals surface area (Å²) in [6.45, 7) is 3.85. The minimum atomic E-state index is -0.941. The van der Waals surface area contributed by atoms with Crippen LogP contribution >= 0.6 is 11.8 Å². The van der Waals surface area contributed by atoms with Crippen LogP contribution in [0.4, 0.5) is 0 Å². The van der Waals surface area contributed by atoms with Crippen LogP contribution in [-0.2, 0) is 11.8 Å². The van der Waals surface area contributed by atoms with Gasteiger partial charge in [0.2, 0.25) is 0 Å². The number of aromatic nitrogens is 2. The highest BCUT2D eigenvalue weighted by atomic mass is 32.2. The van der Waals surface area contributed by atoms with Gasteiger partial charge in [0.05, 0.1) is 11.1 Å². The fourth-order valence-electron chi connectivity index (χ4n) is 2.44. The van der Waals surface area contributed by atoms with Crippen molar-refractivity contribution in [3.63, 3.8) is 0 Å². The molecular weight excluding hydrogens is 278 g/mol. The lowest BCUT2D eigenvalue weighted by molar-refractivity contribution is -0.141. The van der Waals surface area contributed by atoms with E-state index >= 15 is 0 Å². The third-order valence-electron chi connectivity index (χ3n) is 3.37. The normalized spacial score (nSPS) is 22.2. The topological polar surface area (TPSA) is 75.4 Å². The van der Waals surface area contributed by atoms with Gasteiger partial charge in [0.1, 0.15) is 11.7 Å². The van der Waals surface area contributed by atoms with E-state index in [9.17, 15) is 14.7 Å². The maximum absolute atomic E-state index is 12.7. The smallest absolute Gasteiger partial charge is 0.327 e. The molecule has 0 saturated carbocycles. The van der Waals surface area contributed by atoms with Gasteiger partial charge in [-0.3, -0.25) is 9.48 Å². The summed E-state index contributed by atoms with van der Waals surface area (Å²) < 4.78 is 1.52. The number of rotatable bonds is 4. The first-order valence-electron chi connectivity index (χ1n) is 6.63. The monoisotopic (exact) mass is 297 g/mol. The van der Waals surface area contributed by atoms with Crippen LogP contribution in [0.5, 0.6) is 0 Å². The number of thioether (sulfide) groups is 1. The molecule has 20 heavy (non-hydrogen) atoms. The number of hydrogen-bond donors (Lipinski definition) is 1. The van der Waals surface area contributed by atoms with Crippen LogP contribution in [0.1, 0.15) is 35.9 Å². The lowest BCUT2D eigenvalue weighted by Gasteiger charge is -2.27. The number of carbonyl (C=O) groups excluding carboxylic acids is 1. The molecule has 2 heterocycles. The Hall–Kier alpha value is -1.50. The molecule has 0 aliphatic carbocycles. The minimum absolute atomic E-state index is 0.0659. The first-order valence-corrected chi connectivity index (χ1v) is 7.68. The fourth-order valence-corrected chi connectivity index (χ4v) is 3.95. The molecule has 2 atom stereocenters. The molecule has 0 aromatic carbocycles. The van der Waals surface area contributed by atoms with E-state index in [1.807, 2.05) is 13.8 Å². The van der Waals surface area contributed by atoms with Gasteiger partial charge in [0.25, 0.3) is 5.91 Å². The number of aliphatic carboxylic acids is 1. The Balaban J connectivity index is 2.31. The maximum Gasteiger partial charge on any atom is 0.327 e. The van der Waals surface area contributed by atoms with Crippen molar-refractivity contribution in [2.75, 3.05) is 5.75 Å². The highest BCUT2D eigenvalue weighted by Gasteiger charge is 2.42. The van der Waals surface area contributed by atoms with Gasteiger partial charge >= 0.3 is 5.97 Å². The molecule has 2 rings (SSSR count). The summed E-state index contributed by atoms with van der Waals surface area (Å²) in [5.41, 5.74) is 1.19. The molecule has 1 N–H and O–H groups in total. The standard InChI is InChI=1S/C13H19N3O3S/c1-4-5-11-16(10(7-20-11)13(18)19)12(17)9-6-8(2)14-15(9)3/h6,10-11H,4-5,7H2,1-3H3,(H,18,19). The zero-order chi connectivity index (χ0) is 14.9. The molecule has 6 nitrogen and oxygen atoms in total. The summed E-state index contributed by atoms with van der Waals surface area (Å²) in [7, 11) is 1.70. The van der Waals surface area contributed by atoms with Crippen LogP contribution in [0.25, 0.3) is 0 Å². The van der Waals surface area contributed by atoms with Crippen LogP contribution in [0, 0.1) is 6.92 Å². The number of hydrogen-bond acceptors (Lipinski definition) is 4. The van der Waals surface area contributed by atoms with Crippen molar-refractivity contribution in [2.45, 2.75) is 38.1 Å². The molecule has 1 fully saturated rings. The number of carbonyl (C=O) groups is 2. The minimum Gasteiger partial charge on any atom is -0.480 e. The van der Waals surface area contributed by atoms with Crippen molar-refractivity contribution in [3.05, 3.63) is 17.5 Å². The van der Waals surface area contributed by atoms with Gasteiger partial charge in [0.15, 0.2) is 0 Å². The van der Waals surface area contributed by atoms with Gasteiger partial charge < -0.3 is 10.0 Å². The van der Waals surface area contributed by atoms with Crippen LogP contribution < -0.4 is 0 Å². The van der Waals surface area contributed by atoms with Gasteiger partial charge in [-0.05, 0) is 19.4 Å². The van der Waals surface area contributed by atoms with E-state index < -0.39 is 12.0 Å². The third kappa shape index (κ3) is 2.67. The zero-order valence-electron chi connectivity index (χ0n) is 11.9. The number of aryl methyl sites for hydroxylation is 2.